The summed E-state index contributed by atoms with van der Waals surface area (Å²) in [7, 11) is 0. The lowest BCUT2D eigenvalue weighted by Gasteiger charge is -2.35. The summed E-state index contributed by atoms with van der Waals surface area (Å²) >= 11 is 0. The second kappa shape index (κ2) is 13.2. The van der Waals surface area contributed by atoms with Gasteiger partial charge in [0, 0.05) is 16.8 Å². The Morgan fingerprint density at radius 3 is 1.35 bits per heavy atom. The quantitative estimate of drug-likeness (QED) is 0.161. The van der Waals surface area contributed by atoms with Crippen LogP contribution in [-0.2, 0) is 5.41 Å². The molecule has 54 heavy (non-hydrogen) atoms. The van der Waals surface area contributed by atoms with Gasteiger partial charge in [-0.1, -0.05) is 188 Å². The van der Waals surface area contributed by atoms with Crippen LogP contribution >= 0.6 is 0 Å². The van der Waals surface area contributed by atoms with E-state index in [0.717, 1.165) is 17.1 Å². The van der Waals surface area contributed by atoms with E-state index < -0.39 is 5.41 Å². The van der Waals surface area contributed by atoms with Crippen LogP contribution in [0.3, 0.4) is 0 Å². The highest BCUT2D eigenvalue weighted by Gasteiger charge is 2.47. The van der Waals surface area contributed by atoms with Gasteiger partial charge in [-0.25, -0.2) is 0 Å². The number of nitrogens with zero attached hydrogens (tertiary/aromatic N) is 1. The predicted octanol–water partition coefficient (Wildman–Crippen LogP) is 14.0. The van der Waals surface area contributed by atoms with Crippen molar-refractivity contribution in [3.63, 3.8) is 0 Å². The van der Waals surface area contributed by atoms with Crippen molar-refractivity contribution in [1.82, 2.24) is 0 Å². The number of rotatable bonds is 7. The molecule has 1 heteroatoms. The van der Waals surface area contributed by atoms with E-state index in [0.29, 0.717) is 0 Å². The van der Waals surface area contributed by atoms with Crippen molar-refractivity contribution in [2.45, 2.75) is 5.41 Å². The van der Waals surface area contributed by atoms with E-state index in [1.165, 1.54) is 66.4 Å². The number of hydrogen-bond acceptors (Lipinski definition) is 1. The first-order chi connectivity index (χ1) is 26.8. The Morgan fingerprint density at radius 2 is 0.759 bits per heavy atom. The molecule has 1 aliphatic rings. The Bertz CT molecular complexity index is 2680. The molecule has 0 saturated carbocycles. The van der Waals surface area contributed by atoms with Gasteiger partial charge in [-0.2, -0.15) is 0 Å². The molecular weight excluding hydrogens is 651 g/mol. The molecule has 0 unspecified atom stereocenters. The summed E-state index contributed by atoms with van der Waals surface area (Å²) in [4.78, 5) is 2.43. The molecule has 0 saturated heterocycles. The lowest BCUT2D eigenvalue weighted by molar-refractivity contribution is 0.775. The van der Waals surface area contributed by atoms with Crippen molar-refractivity contribution in [2.24, 2.45) is 0 Å². The minimum atomic E-state index is -0.532. The number of benzene rings is 9. The van der Waals surface area contributed by atoms with E-state index in [4.69, 9.17) is 0 Å². The van der Waals surface area contributed by atoms with Gasteiger partial charge in [0.2, 0.25) is 0 Å². The SMILES string of the molecule is c1ccc(-c2ccc(N(c3ccccc3)c3cc4c(c5ccccc35)C(c3ccccc3)(c3ccccc3)c3ccc(-c5ccccc5)cc3-4)cc2)cc1. The summed E-state index contributed by atoms with van der Waals surface area (Å²) in [6.07, 6.45) is 0. The average Bonchev–Trinajstić information content (AvgIpc) is 3.56. The lowest BCUT2D eigenvalue weighted by atomic mass is 9.66. The van der Waals surface area contributed by atoms with Crippen LogP contribution in [0.25, 0.3) is 44.2 Å². The van der Waals surface area contributed by atoms with Crippen LogP contribution < -0.4 is 4.90 Å². The van der Waals surface area contributed by atoms with Crippen LogP contribution in [0.5, 0.6) is 0 Å². The molecular formula is C53H37N. The largest absolute Gasteiger partial charge is 0.310 e. The van der Waals surface area contributed by atoms with Crippen molar-refractivity contribution in [2.75, 3.05) is 4.90 Å². The molecule has 0 atom stereocenters. The first kappa shape index (κ1) is 31.7. The maximum absolute atomic E-state index is 2.47. The van der Waals surface area contributed by atoms with Crippen LogP contribution in [0.1, 0.15) is 22.3 Å². The normalized spacial score (nSPS) is 12.6. The molecule has 254 valence electrons. The molecule has 0 spiro atoms. The zero-order chi connectivity index (χ0) is 35.9. The topological polar surface area (TPSA) is 3.24 Å². The second-order valence-corrected chi connectivity index (χ2v) is 14.1. The number of anilines is 3. The standard InChI is InChI=1S/C53H37N/c1-6-18-38(19-7-1)40-30-33-45(34-31-40)54(44-26-14-5-15-27-44)51-37-49-48-36-41(39-20-8-2-9-21-39)32-35-50(48)53(42-22-10-3-11-23-42,43-24-12-4-13-25-43)52(49)47-29-17-16-28-46(47)51/h1-37H. The van der Waals surface area contributed by atoms with Gasteiger partial charge in [0.25, 0.3) is 0 Å². The van der Waals surface area contributed by atoms with Crippen LogP contribution in [-0.4, -0.2) is 0 Å². The van der Waals surface area contributed by atoms with Crippen LogP contribution in [0.4, 0.5) is 17.1 Å². The molecule has 0 aliphatic heterocycles. The van der Waals surface area contributed by atoms with Gasteiger partial charge >= 0.3 is 0 Å². The molecule has 1 nitrogen and oxygen atoms in total. The molecule has 9 aromatic rings. The zero-order valence-electron chi connectivity index (χ0n) is 29.8. The Balaban J connectivity index is 1.30. The third-order valence-electron chi connectivity index (χ3n) is 11.1. The first-order valence-corrected chi connectivity index (χ1v) is 18.7. The second-order valence-electron chi connectivity index (χ2n) is 14.1. The molecule has 0 heterocycles. The first-order valence-electron chi connectivity index (χ1n) is 18.7. The highest BCUT2D eigenvalue weighted by molar-refractivity contribution is 6.09. The Kier molecular flexibility index (Phi) is 7.78. The van der Waals surface area contributed by atoms with Crippen molar-refractivity contribution in [3.8, 4) is 33.4 Å². The smallest absolute Gasteiger partial charge is 0.0719 e. The minimum Gasteiger partial charge on any atom is -0.310 e. The maximum atomic E-state index is 2.47. The van der Waals surface area contributed by atoms with Crippen molar-refractivity contribution < 1.29 is 0 Å². The third-order valence-corrected chi connectivity index (χ3v) is 11.1. The van der Waals surface area contributed by atoms with Crippen LogP contribution in [0.2, 0.25) is 0 Å². The fourth-order valence-electron chi connectivity index (χ4n) is 8.78. The Labute approximate surface area is 317 Å². The summed E-state index contributed by atoms with van der Waals surface area (Å²) in [6, 6.07) is 82.0. The molecule has 0 N–H and O–H groups in total. The summed E-state index contributed by atoms with van der Waals surface area (Å²) in [5.74, 6) is 0. The predicted molar refractivity (Wildman–Crippen MR) is 227 cm³/mol. The molecule has 0 fully saturated rings. The van der Waals surface area contributed by atoms with Gasteiger partial charge in [-0.3, -0.25) is 0 Å². The Morgan fingerprint density at radius 1 is 0.315 bits per heavy atom. The van der Waals surface area contributed by atoms with Gasteiger partial charge in [0.15, 0.2) is 0 Å². The van der Waals surface area contributed by atoms with Gasteiger partial charge in [-0.05, 0) is 97.4 Å². The molecule has 0 aromatic heterocycles. The lowest BCUT2D eigenvalue weighted by Crippen LogP contribution is -2.29. The summed E-state index contributed by atoms with van der Waals surface area (Å²) in [6.45, 7) is 0. The van der Waals surface area contributed by atoms with E-state index >= 15 is 0 Å². The van der Waals surface area contributed by atoms with Crippen molar-refractivity contribution in [1.29, 1.82) is 0 Å². The van der Waals surface area contributed by atoms with Crippen LogP contribution in [0.15, 0.2) is 224 Å². The molecule has 0 bridgehead atoms. The highest BCUT2D eigenvalue weighted by Crippen LogP contribution is 2.60. The van der Waals surface area contributed by atoms with Gasteiger partial charge in [0.05, 0.1) is 11.1 Å². The monoisotopic (exact) mass is 687 g/mol. The van der Waals surface area contributed by atoms with E-state index in [-0.39, 0.29) is 0 Å². The molecule has 0 amide bonds. The highest BCUT2D eigenvalue weighted by atomic mass is 15.1. The van der Waals surface area contributed by atoms with Gasteiger partial charge in [0.1, 0.15) is 0 Å². The minimum absolute atomic E-state index is 0.532. The summed E-state index contributed by atoms with van der Waals surface area (Å²) in [5, 5.41) is 2.46. The van der Waals surface area contributed by atoms with Gasteiger partial charge in [-0.15, -0.1) is 0 Å². The summed E-state index contributed by atoms with van der Waals surface area (Å²) < 4.78 is 0. The molecule has 10 rings (SSSR count). The zero-order valence-corrected chi connectivity index (χ0v) is 29.8. The number of fused-ring (bicyclic) bond motifs is 5. The van der Waals surface area contributed by atoms with E-state index in [1.807, 2.05) is 0 Å². The third kappa shape index (κ3) is 5.09. The molecule has 0 radical (unpaired) electrons. The fraction of sp³-hybridized carbons (Fsp3) is 0.0189. The number of para-hydroxylation sites is 1. The van der Waals surface area contributed by atoms with Crippen molar-refractivity contribution in [3.05, 3.63) is 247 Å². The fourth-order valence-corrected chi connectivity index (χ4v) is 8.78. The summed E-state index contributed by atoms with van der Waals surface area (Å²) in [5.41, 5.74) is 15.3. The molecule has 9 aromatic carbocycles. The van der Waals surface area contributed by atoms with Crippen molar-refractivity contribution >= 4 is 27.8 Å². The maximum Gasteiger partial charge on any atom is 0.0719 e. The van der Waals surface area contributed by atoms with E-state index in [2.05, 4.69) is 229 Å². The average molecular weight is 688 g/mol. The van der Waals surface area contributed by atoms with E-state index in [1.54, 1.807) is 0 Å². The van der Waals surface area contributed by atoms with Crippen LogP contribution in [0, 0.1) is 0 Å². The molecule has 1 aliphatic carbocycles. The van der Waals surface area contributed by atoms with Gasteiger partial charge < -0.3 is 4.90 Å². The Hall–Kier alpha value is -6.96. The van der Waals surface area contributed by atoms with E-state index in [9.17, 15) is 0 Å². The number of hydrogen-bond donors (Lipinski definition) is 0.